The maximum Gasteiger partial charge on any atom is 0.261 e. The molecule has 0 bridgehead atoms. The number of hydrogen-bond donors (Lipinski definition) is 2. The van der Waals surface area contributed by atoms with Crippen molar-refractivity contribution in [2.24, 2.45) is 0 Å². The number of carbonyl (C=O) groups is 2. The van der Waals surface area contributed by atoms with Crippen LogP contribution in [0.15, 0.2) is 49.1 Å². The number of likely N-dealkylation sites (tertiary alicyclic amines) is 1. The van der Waals surface area contributed by atoms with E-state index in [4.69, 9.17) is 16.3 Å². The summed E-state index contributed by atoms with van der Waals surface area (Å²) in [6, 6.07) is 6.77. The molecule has 0 radical (unpaired) electrons. The lowest BCUT2D eigenvalue weighted by Crippen LogP contribution is -2.54. The molecule has 34 heavy (non-hydrogen) atoms. The third-order valence-corrected chi connectivity index (χ3v) is 5.70. The second-order valence-corrected chi connectivity index (χ2v) is 8.22. The Morgan fingerprint density at radius 3 is 2.91 bits per heavy atom. The van der Waals surface area contributed by atoms with Gasteiger partial charge in [0.15, 0.2) is 5.65 Å². The molecule has 0 spiro atoms. The summed E-state index contributed by atoms with van der Waals surface area (Å²) in [6.07, 6.45) is 5.77. The molecule has 1 aromatic carbocycles. The summed E-state index contributed by atoms with van der Waals surface area (Å²) >= 11 is 6.22. The molecule has 1 fully saturated rings. The fraction of sp³-hybridized carbons (Fsp3) is 0.227. The molecule has 2 amide bonds. The first-order chi connectivity index (χ1) is 16.4. The van der Waals surface area contributed by atoms with Crippen molar-refractivity contribution in [1.29, 1.82) is 0 Å². The predicted molar refractivity (Wildman–Crippen MR) is 123 cm³/mol. The number of ether oxygens (including phenoxy) is 1. The molecule has 1 aliphatic rings. The number of amides is 2. The number of halogens is 1. The van der Waals surface area contributed by atoms with Gasteiger partial charge in [-0.05, 0) is 24.3 Å². The summed E-state index contributed by atoms with van der Waals surface area (Å²) < 4.78 is 8.40. The third-order valence-electron chi connectivity index (χ3n) is 5.46. The van der Waals surface area contributed by atoms with E-state index >= 15 is 0 Å². The molecule has 1 saturated heterocycles. The standard InChI is InChI=1S/C22H20ClN7O4/c1-34-18-4-3-13(23)7-15(18)20-17(11-29(27-20)12-19(32)28-9-14(31)10-28)26-22(33)16-8-25-30-6-2-5-24-21(16)30/h2-8,11,14,31H,9-10,12H2,1H3,(H,26,33). The summed E-state index contributed by atoms with van der Waals surface area (Å²) in [7, 11) is 1.52. The fourth-order valence-electron chi connectivity index (χ4n) is 3.73. The summed E-state index contributed by atoms with van der Waals surface area (Å²) in [5.41, 5.74) is 1.98. The summed E-state index contributed by atoms with van der Waals surface area (Å²) in [6.45, 7) is 0.525. The number of nitrogens with zero attached hydrogens (tertiary/aromatic N) is 6. The van der Waals surface area contributed by atoms with Gasteiger partial charge in [0, 0.05) is 42.3 Å². The minimum atomic E-state index is -0.498. The van der Waals surface area contributed by atoms with Gasteiger partial charge in [0.2, 0.25) is 5.91 Å². The Labute approximate surface area is 198 Å². The molecule has 0 unspecified atom stereocenters. The Balaban J connectivity index is 1.50. The number of methoxy groups -OCH3 is 1. The second kappa shape index (κ2) is 8.76. The highest BCUT2D eigenvalue weighted by Crippen LogP contribution is 2.36. The molecule has 2 N–H and O–H groups in total. The van der Waals surface area contributed by atoms with E-state index in [1.165, 1.54) is 27.4 Å². The van der Waals surface area contributed by atoms with Gasteiger partial charge in [-0.1, -0.05) is 11.6 Å². The maximum atomic E-state index is 13.1. The quantitative estimate of drug-likeness (QED) is 0.429. The third kappa shape index (κ3) is 4.06. The first kappa shape index (κ1) is 21.9. The number of nitrogens with one attached hydrogen (secondary N) is 1. The maximum absolute atomic E-state index is 13.1. The van der Waals surface area contributed by atoms with Gasteiger partial charge in [0.05, 0.1) is 25.1 Å². The van der Waals surface area contributed by atoms with Crippen molar-refractivity contribution in [3.63, 3.8) is 0 Å². The number of aromatic nitrogens is 5. The van der Waals surface area contributed by atoms with Crippen LogP contribution in [-0.2, 0) is 11.3 Å². The van der Waals surface area contributed by atoms with Gasteiger partial charge < -0.3 is 20.1 Å². The molecule has 3 aromatic heterocycles. The summed E-state index contributed by atoms with van der Waals surface area (Å²) in [5, 5.41) is 21.5. The SMILES string of the molecule is COc1ccc(Cl)cc1-c1nn(CC(=O)N2CC(O)C2)cc1NC(=O)c1cnn2cccnc12. The van der Waals surface area contributed by atoms with Crippen LogP contribution in [0.3, 0.4) is 0 Å². The van der Waals surface area contributed by atoms with E-state index in [0.29, 0.717) is 46.5 Å². The fourth-order valence-corrected chi connectivity index (χ4v) is 3.90. The number of aliphatic hydroxyl groups excluding tert-OH is 1. The Hall–Kier alpha value is -3.96. The molecule has 5 rings (SSSR count). The van der Waals surface area contributed by atoms with Crippen LogP contribution in [-0.4, -0.2) is 72.5 Å². The van der Waals surface area contributed by atoms with Crippen LogP contribution in [0.4, 0.5) is 5.69 Å². The van der Waals surface area contributed by atoms with E-state index in [1.807, 2.05) is 0 Å². The van der Waals surface area contributed by atoms with Gasteiger partial charge in [-0.3, -0.25) is 14.3 Å². The first-order valence-corrected chi connectivity index (χ1v) is 10.8. The minimum absolute atomic E-state index is 0.0588. The Kier molecular flexibility index (Phi) is 5.64. The highest BCUT2D eigenvalue weighted by Gasteiger charge is 2.29. The van der Waals surface area contributed by atoms with Crippen molar-refractivity contribution in [2.45, 2.75) is 12.6 Å². The number of carbonyl (C=O) groups excluding carboxylic acids is 2. The van der Waals surface area contributed by atoms with Crippen LogP contribution in [0.25, 0.3) is 16.9 Å². The lowest BCUT2D eigenvalue weighted by Gasteiger charge is -2.35. The number of anilines is 1. The monoisotopic (exact) mass is 481 g/mol. The Bertz CT molecular complexity index is 1390. The van der Waals surface area contributed by atoms with Crippen molar-refractivity contribution >= 4 is 34.7 Å². The molecule has 174 valence electrons. The molecule has 0 saturated carbocycles. The molecule has 0 aliphatic carbocycles. The van der Waals surface area contributed by atoms with E-state index in [9.17, 15) is 14.7 Å². The van der Waals surface area contributed by atoms with E-state index in [0.717, 1.165) is 0 Å². The highest BCUT2D eigenvalue weighted by atomic mass is 35.5. The highest BCUT2D eigenvalue weighted by molar-refractivity contribution is 6.31. The van der Waals surface area contributed by atoms with Crippen LogP contribution in [0, 0.1) is 0 Å². The zero-order valence-electron chi connectivity index (χ0n) is 18.1. The van der Waals surface area contributed by atoms with Crippen molar-refractivity contribution in [3.05, 3.63) is 59.6 Å². The van der Waals surface area contributed by atoms with Crippen LogP contribution in [0.2, 0.25) is 5.02 Å². The smallest absolute Gasteiger partial charge is 0.261 e. The van der Waals surface area contributed by atoms with Crippen molar-refractivity contribution in [3.8, 4) is 17.0 Å². The zero-order chi connectivity index (χ0) is 23.8. The van der Waals surface area contributed by atoms with Crippen LogP contribution >= 0.6 is 11.6 Å². The molecule has 0 atom stereocenters. The molecular formula is C22H20ClN7O4. The van der Waals surface area contributed by atoms with Crippen LogP contribution < -0.4 is 10.1 Å². The second-order valence-electron chi connectivity index (χ2n) is 7.79. The van der Waals surface area contributed by atoms with E-state index < -0.39 is 12.0 Å². The van der Waals surface area contributed by atoms with Crippen molar-refractivity contribution < 1.29 is 19.4 Å². The van der Waals surface area contributed by atoms with Gasteiger partial charge in [-0.25, -0.2) is 9.50 Å². The van der Waals surface area contributed by atoms with Crippen molar-refractivity contribution in [2.75, 3.05) is 25.5 Å². The van der Waals surface area contributed by atoms with Crippen LogP contribution in [0.1, 0.15) is 10.4 Å². The van der Waals surface area contributed by atoms with Gasteiger partial charge in [0.25, 0.3) is 5.91 Å². The lowest BCUT2D eigenvalue weighted by atomic mass is 10.1. The number of rotatable bonds is 6. The Morgan fingerprint density at radius 1 is 1.32 bits per heavy atom. The van der Waals surface area contributed by atoms with Gasteiger partial charge in [-0.2, -0.15) is 10.2 Å². The van der Waals surface area contributed by atoms with E-state index in [1.54, 1.807) is 42.9 Å². The number of β-amino-alcohol motifs (C(OH)–C–C–N with tert-alkyl or cyclic N) is 1. The number of benzene rings is 1. The summed E-state index contributed by atoms with van der Waals surface area (Å²) in [5.74, 6) is -0.130. The van der Waals surface area contributed by atoms with E-state index in [2.05, 4.69) is 20.5 Å². The predicted octanol–water partition coefficient (Wildman–Crippen LogP) is 1.71. The first-order valence-electron chi connectivity index (χ1n) is 10.4. The molecule has 4 aromatic rings. The number of fused-ring (bicyclic) bond motifs is 1. The molecule has 11 nitrogen and oxygen atoms in total. The minimum Gasteiger partial charge on any atom is -0.496 e. The average Bonchev–Trinajstić information content (AvgIpc) is 3.40. The van der Waals surface area contributed by atoms with E-state index in [-0.39, 0.29) is 18.0 Å². The Morgan fingerprint density at radius 2 is 2.15 bits per heavy atom. The largest absolute Gasteiger partial charge is 0.496 e. The molecular weight excluding hydrogens is 462 g/mol. The van der Waals surface area contributed by atoms with Gasteiger partial charge >= 0.3 is 0 Å². The molecule has 4 heterocycles. The lowest BCUT2D eigenvalue weighted by molar-refractivity contribution is -0.142. The van der Waals surface area contributed by atoms with Gasteiger partial charge in [0.1, 0.15) is 23.6 Å². The van der Waals surface area contributed by atoms with Crippen molar-refractivity contribution in [1.82, 2.24) is 29.3 Å². The topological polar surface area (TPSA) is 127 Å². The zero-order valence-corrected chi connectivity index (χ0v) is 18.8. The molecule has 1 aliphatic heterocycles. The summed E-state index contributed by atoms with van der Waals surface area (Å²) in [4.78, 5) is 31.4. The number of hydrogen-bond acceptors (Lipinski definition) is 7. The van der Waals surface area contributed by atoms with Crippen LogP contribution in [0.5, 0.6) is 5.75 Å². The van der Waals surface area contributed by atoms with Gasteiger partial charge in [-0.15, -0.1) is 0 Å². The number of aliphatic hydroxyl groups is 1. The average molecular weight is 482 g/mol. The molecule has 12 heteroatoms. The normalized spacial score (nSPS) is 13.7.